The Hall–Kier alpha value is -12.1. The summed E-state index contributed by atoms with van der Waals surface area (Å²) in [5, 5.41) is 78.6. The molecule has 0 aliphatic carbocycles. The molecule has 726 valence electrons. The van der Waals surface area contributed by atoms with Crippen molar-refractivity contribution >= 4 is 47.8 Å². The van der Waals surface area contributed by atoms with E-state index in [1.54, 1.807) is 72.8 Å². The Balaban J connectivity index is 0.000000331. The van der Waals surface area contributed by atoms with Crippen LogP contribution in [0.1, 0.15) is 322 Å². The maximum Gasteiger partial charge on any atom is 0.309 e. The predicted octanol–water partition coefficient (Wildman–Crippen LogP) is 22.1. The van der Waals surface area contributed by atoms with Gasteiger partial charge in [0.1, 0.15) is 46.0 Å². The third-order valence-electron chi connectivity index (χ3n) is 22.1. The summed E-state index contributed by atoms with van der Waals surface area (Å²) < 4.78 is 104. The molecule has 8 rings (SSSR count). The normalized spacial score (nSPS) is 11.8. The highest BCUT2D eigenvalue weighted by atomic mass is 16.7. The molecular weight excluding hydrogens is 1690 g/mol. The molecule has 0 aliphatic rings. The van der Waals surface area contributed by atoms with E-state index in [0.717, 1.165) is 217 Å². The quantitative estimate of drug-likeness (QED) is 0.00997. The van der Waals surface area contributed by atoms with Crippen molar-refractivity contribution in [2.75, 3.05) is 27.2 Å². The van der Waals surface area contributed by atoms with Crippen LogP contribution in [0.25, 0.3) is 0 Å². The van der Waals surface area contributed by atoms with Crippen molar-refractivity contribution in [1.29, 1.82) is 0 Å². The molecule has 0 heterocycles. The number of hydrogen-bond donors (Lipinski definition) is 8. The summed E-state index contributed by atoms with van der Waals surface area (Å²) in [6, 6.07) is 25.9. The molecular formula is C109H146O24. The van der Waals surface area contributed by atoms with Gasteiger partial charge >= 0.3 is 47.8 Å². The van der Waals surface area contributed by atoms with Crippen LogP contribution in [-0.2, 0) is 173 Å². The average molecular weight is 1860 g/mol. The summed E-state index contributed by atoms with van der Waals surface area (Å²) in [7, 11) is 0. The van der Waals surface area contributed by atoms with E-state index < -0.39 is 74.9 Å². The van der Waals surface area contributed by atoms with Crippen molar-refractivity contribution in [3.63, 3.8) is 0 Å². The molecule has 0 bridgehead atoms. The van der Waals surface area contributed by atoms with Gasteiger partial charge < -0.3 is 78.7 Å². The zero-order valence-electron chi connectivity index (χ0n) is 87.3. The second-order valence-corrected chi connectivity index (χ2v) is 32.8. The zero-order chi connectivity index (χ0) is 104. The van der Waals surface area contributed by atoms with Crippen molar-refractivity contribution in [2.24, 2.45) is 0 Å². The molecule has 0 amide bonds. The first kappa shape index (κ1) is 98.4. The number of aromatic hydroxyl groups is 8. The van der Waals surface area contributed by atoms with Crippen molar-refractivity contribution in [3.8, 4) is 46.0 Å². The summed E-state index contributed by atoms with van der Waals surface area (Å²) in [5.41, 5.74) is 13.3. The number of unbranched alkanes of at least 4 members (excludes halogenated alkanes) is 8. The van der Waals surface area contributed by atoms with Crippen LogP contribution in [0.15, 0.2) is 145 Å². The smallest absolute Gasteiger partial charge is 0.309 e. The van der Waals surface area contributed by atoms with Gasteiger partial charge in [-0.15, -0.1) is 0 Å². The molecule has 0 spiro atoms. The topological polar surface area (TPSA) is 372 Å². The van der Waals surface area contributed by atoms with E-state index in [2.05, 4.69) is 34.6 Å². The minimum atomic E-state index is -0.518. The second kappa shape index (κ2) is 64.7. The number of esters is 8. The van der Waals surface area contributed by atoms with E-state index >= 15 is 0 Å². The van der Waals surface area contributed by atoms with Gasteiger partial charge in [0.2, 0.25) is 27.2 Å². The van der Waals surface area contributed by atoms with Crippen LogP contribution in [0.4, 0.5) is 0 Å². The van der Waals surface area contributed by atoms with Gasteiger partial charge in [0.15, 0.2) is 0 Å². The molecule has 8 aromatic rings. The Bertz CT molecular complexity index is 4910. The Labute approximate surface area is 798 Å². The largest absolute Gasteiger partial charge is 0.508 e. The Morgan fingerprint density at radius 1 is 0.233 bits per heavy atom. The number of carbonyl (C=O) groups is 8. The number of benzene rings is 8. The lowest BCUT2D eigenvalue weighted by Crippen LogP contribution is -2.15. The maximum absolute atomic E-state index is 12.3. The predicted molar refractivity (Wildman–Crippen MR) is 513 cm³/mol. The lowest BCUT2D eigenvalue weighted by molar-refractivity contribution is -0.169. The molecule has 24 heteroatoms. The van der Waals surface area contributed by atoms with Crippen LogP contribution >= 0.6 is 0 Å². The van der Waals surface area contributed by atoms with Crippen molar-refractivity contribution in [1.82, 2.24) is 0 Å². The standard InChI is InChI=1S/C28H38O6.3C27H36O6/c1-4-6-8-22-17-24(29)12-10-21(22)11-15-27(31)33-19-34-28(32)16-20(3)26-14-13-25(30)18-23(26)9-7-5-2;3*1-3-5-7-22-17-24(28)13-9-20(22)11-15-26(30)32-19-33-27(31)16-12-21-10-14-25(29)18-23(21)8-6-4-2/h10,12-14,17-18,20,29-30H,4-9,11,15-16,19H2,1-3H3;3*9-10,13-14,17-18,28-29H,3-8,11-12,15-16,19H2,1-2H3/i12T,18T;3*13T,18T. The molecule has 0 radical (unpaired) electrons. The molecule has 8 N–H and O–H groups in total. The summed E-state index contributed by atoms with van der Waals surface area (Å²) in [4.78, 5) is 97.2. The molecule has 1 atom stereocenters. The van der Waals surface area contributed by atoms with Gasteiger partial charge in [0.25, 0.3) is 0 Å². The summed E-state index contributed by atoms with van der Waals surface area (Å²) >= 11 is 0. The molecule has 8 aromatic carbocycles. The molecule has 133 heavy (non-hydrogen) atoms. The highest BCUT2D eigenvalue weighted by Crippen LogP contribution is 2.31. The number of phenolic OH excluding ortho intramolecular Hbond substituents is 8. The van der Waals surface area contributed by atoms with Crippen molar-refractivity contribution < 1.29 is 128 Å². The lowest BCUT2D eigenvalue weighted by Gasteiger charge is -2.16. The fourth-order valence-electron chi connectivity index (χ4n) is 14.4. The molecule has 0 aromatic heterocycles. The first-order valence-corrected chi connectivity index (χ1v) is 47.2. The Morgan fingerprint density at radius 2 is 0.421 bits per heavy atom. The summed E-state index contributed by atoms with van der Waals surface area (Å²) in [5.74, 6) is -4.92. The van der Waals surface area contributed by atoms with E-state index in [4.69, 9.17) is 48.9 Å². The van der Waals surface area contributed by atoms with Crippen LogP contribution in [0, 0.1) is 0 Å². The van der Waals surface area contributed by atoms with Gasteiger partial charge in [-0.05, 0) is 339 Å². The molecule has 0 aliphatic heterocycles. The van der Waals surface area contributed by atoms with Crippen LogP contribution in [-0.4, -0.2) is 116 Å². The second-order valence-electron chi connectivity index (χ2n) is 32.8. The SMILES string of the molecule is [3H]c1cc(CCC(=O)OCOC(=O)CC(C)c2ccc(O)c([3H])c2CCCC)c(CCCC)cc1O.[3H]c1cc(CCC(=O)OCOC(=O)CCc2ccc(O)c([3H])c2CCCC)c(CCCC)cc1O.[3H]c1cc(CCC(=O)OCOC(=O)CCc2ccc(O)c([3H])c2CCCC)c(CCCC)cc1O.[3H]c1cc(CCC(=O)OCOC(=O)CCc2ccc(O)c([3H])c2CCCC)c(CCCC)cc1O. The maximum atomic E-state index is 12.3. The van der Waals surface area contributed by atoms with E-state index in [9.17, 15) is 79.2 Å². The van der Waals surface area contributed by atoms with Crippen LogP contribution in [0.3, 0.4) is 0 Å². The van der Waals surface area contributed by atoms with Crippen LogP contribution in [0.2, 0.25) is 0 Å². The molecule has 0 saturated heterocycles. The Morgan fingerprint density at radius 3 is 0.647 bits per heavy atom. The zero-order valence-corrected chi connectivity index (χ0v) is 79.3. The number of phenols is 8. The highest BCUT2D eigenvalue weighted by molar-refractivity contribution is 5.74. The van der Waals surface area contributed by atoms with E-state index in [-0.39, 0.29) is 152 Å². The minimum absolute atomic E-state index is 0.0192. The van der Waals surface area contributed by atoms with Gasteiger partial charge in [-0.2, -0.15) is 0 Å². The highest BCUT2D eigenvalue weighted by Gasteiger charge is 2.21. The Kier molecular flexibility index (Phi) is 47.9. The van der Waals surface area contributed by atoms with Gasteiger partial charge in [0, 0.05) is 44.9 Å². The van der Waals surface area contributed by atoms with Crippen molar-refractivity contribution in [2.45, 2.75) is 319 Å². The van der Waals surface area contributed by atoms with E-state index in [1.165, 1.54) is 24.3 Å². The van der Waals surface area contributed by atoms with E-state index in [1.807, 2.05) is 27.7 Å². The number of hydrogen-bond acceptors (Lipinski definition) is 24. The molecule has 24 nitrogen and oxygen atoms in total. The number of aryl methyl sites for hydroxylation is 11. The first-order chi connectivity index (χ1) is 67.5. The summed E-state index contributed by atoms with van der Waals surface area (Å²) in [6.45, 7) is 16.5. The van der Waals surface area contributed by atoms with Gasteiger partial charge in [-0.25, -0.2) is 0 Å². The first-order valence-electron chi connectivity index (χ1n) is 51.2. The average Bonchev–Trinajstić information content (AvgIpc) is 0.813. The van der Waals surface area contributed by atoms with Gasteiger partial charge in [0.05, 0.1) is 17.4 Å². The van der Waals surface area contributed by atoms with Crippen LogP contribution in [0.5, 0.6) is 46.0 Å². The third-order valence-corrected chi connectivity index (χ3v) is 22.1. The fourth-order valence-corrected chi connectivity index (χ4v) is 14.4. The number of ether oxygens (including phenoxy) is 8. The number of rotatable bonds is 56. The monoisotopic (exact) mass is 1860 g/mol. The van der Waals surface area contributed by atoms with Gasteiger partial charge in [-0.3, -0.25) is 38.4 Å². The summed E-state index contributed by atoms with van der Waals surface area (Å²) in [6.07, 6.45) is 23.9. The minimum Gasteiger partial charge on any atom is -0.508 e. The third kappa shape index (κ3) is 45.7. The van der Waals surface area contributed by atoms with E-state index in [0.29, 0.717) is 70.6 Å². The fraction of sp³-hybridized carbons (Fsp3) is 0.486. The molecule has 0 saturated carbocycles. The van der Waals surface area contributed by atoms with Gasteiger partial charge in [-0.1, -0.05) is 162 Å². The number of carbonyl (C=O) groups excluding carboxylic acids is 8. The molecule has 1 unspecified atom stereocenters. The van der Waals surface area contributed by atoms with Crippen molar-refractivity contribution in [3.05, 3.63) is 234 Å². The van der Waals surface area contributed by atoms with Crippen LogP contribution < -0.4 is 0 Å². The lowest BCUT2D eigenvalue weighted by atomic mass is 9.90. The molecule has 0 fully saturated rings.